The lowest BCUT2D eigenvalue weighted by atomic mass is 9.83. The average Bonchev–Trinajstić information content (AvgIpc) is 3.66. The molecule has 0 bridgehead atoms. The molecule has 3 aliphatic rings. The minimum Gasteiger partial charge on any atom is -0.320 e. The Balaban J connectivity index is 0.899. The zero-order chi connectivity index (χ0) is 38.8. The summed E-state index contributed by atoms with van der Waals surface area (Å²) in [6, 6.07) is 10.5. The first-order chi connectivity index (χ1) is 26.2. The minimum atomic E-state index is -4.77. The van der Waals surface area contributed by atoms with E-state index >= 15 is 0 Å². The van der Waals surface area contributed by atoms with E-state index in [4.69, 9.17) is 0 Å². The highest BCUT2D eigenvalue weighted by Gasteiger charge is 2.36. The number of aromatic nitrogens is 5. The van der Waals surface area contributed by atoms with E-state index in [0.717, 1.165) is 74.6 Å². The van der Waals surface area contributed by atoms with Gasteiger partial charge in [-0.3, -0.25) is 33.5 Å². The van der Waals surface area contributed by atoms with Crippen LogP contribution < -0.4 is 16.3 Å². The van der Waals surface area contributed by atoms with Crippen LogP contribution in [0.5, 0.6) is 0 Å². The van der Waals surface area contributed by atoms with Gasteiger partial charge < -0.3 is 10.2 Å². The number of amides is 3. The molecule has 5 aromatic rings. The SMILES string of the molecule is Cn1c(=O)n(C2CCC(=O)NC2=O)c2cccc(C3CN(CC4CCC(n5cc6cc(NC(=O)c7cccc(C(F)(F)F)n7)c(C(F)F)cc6n5)CC4)C3)c21. The number of para-hydroxylation sites is 1. The number of aryl methyl sites for hydroxylation is 1. The molecule has 8 rings (SSSR count). The van der Waals surface area contributed by atoms with Crippen molar-refractivity contribution in [3.8, 4) is 0 Å². The number of likely N-dealkylation sites (tertiary alicyclic amines) is 1. The van der Waals surface area contributed by atoms with Crippen LogP contribution in [0.15, 0.2) is 59.5 Å². The van der Waals surface area contributed by atoms with Gasteiger partial charge in [0.25, 0.3) is 12.3 Å². The highest BCUT2D eigenvalue weighted by molar-refractivity contribution is 6.04. The number of pyridine rings is 1. The quantitative estimate of drug-likeness (QED) is 0.144. The van der Waals surface area contributed by atoms with Crippen LogP contribution in [0, 0.1) is 5.92 Å². The molecule has 3 amide bonds. The van der Waals surface area contributed by atoms with Crippen molar-refractivity contribution in [3.05, 3.63) is 87.7 Å². The Labute approximate surface area is 310 Å². The number of nitrogens with one attached hydrogen (secondary N) is 2. The Morgan fingerprint density at radius 1 is 1.00 bits per heavy atom. The van der Waals surface area contributed by atoms with E-state index in [1.165, 1.54) is 16.7 Å². The molecule has 1 atom stereocenters. The Kier molecular flexibility index (Phi) is 9.30. The molecule has 55 heavy (non-hydrogen) atoms. The largest absolute Gasteiger partial charge is 0.433 e. The minimum absolute atomic E-state index is 0.0439. The van der Waals surface area contributed by atoms with Crippen LogP contribution in [0.3, 0.4) is 0 Å². The first-order valence-corrected chi connectivity index (χ1v) is 18.2. The molecule has 1 aliphatic carbocycles. The van der Waals surface area contributed by atoms with E-state index in [2.05, 4.69) is 25.6 Å². The third kappa shape index (κ3) is 6.89. The lowest BCUT2D eigenvalue weighted by Crippen LogP contribution is -2.47. The Morgan fingerprint density at radius 2 is 1.75 bits per heavy atom. The Morgan fingerprint density at radius 3 is 2.45 bits per heavy atom. The number of anilines is 1. The van der Waals surface area contributed by atoms with Crippen LogP contribution in [0.4, 0.5) is 27.6 Å². The topological polar surface area (TPSA) is 136 Å². The summed E-state index contributed by atoms with van der Waals surface area (Å²) in [6.45, 7) is 2.57. The number of benzene rings is 2. The number of halogens is 5. The maximum absolute atomic E-state index is 14.1. The van der Waals surface area contributed by atoms with Gasteiger partial charge in [-0.25, -0.2) is 18.6 Å². The first-order valence-electron chi connectivity index (χ1n) is 18.2. The summed E-state index contributed by atoms with van der Waals surface area (Å²) in [5.41, 5.74) is 0.0216. The molecular weight excluding hydrogens is 727 g/mol. The van der Waals surface area contributed by atoms with Crippen molar-refractivity contribution in [1.82, 2.24) is 34.1 Å². The Bertz CT molecular complexity index is 2390. The van der Waals surface area contributed by atoms with Gasteiger partial charge in [-0.05, 0) is 73.9 Å². The molecule has 17 heteroatoms. The Hall–Kier alpha value is -5.45. The predicted molar refractivity (Wildman–Crippen MR) is 191 cm³/mol. The van der Waals surface area contributed by atoms with Gasteiger partial charge in [0.05, 0.1) is 28.3 Å². The van der Waals surface area contributed by atoms with Crippen LogP contribution in [0.2, 0.25) is 0 Å². The summed E-state index contributed by atoms with van der Waals surface area (Å²) in [5, 5.41) is 9.76. The number of hydrogen-bond acceptors (Lipinski definition) is 7. The third-order valence-corrected chi connectivity index (χ3v) is 11.2. The second kappa shape index (κ2) is 14.0. The summed E-state index contributed by atoms with van der Waals surface area (Å²) < 4.78 is 72.5. The van der Waals surface area contributed by atoms with Crippen molar-refractivity contribution in [2.45, 2.75) is 69.1 Å². The van der Waals surface area contributed by atoms with Gasteiger partial charge in [-0.15, -0.1) is 0 Å². The molecule has 2 N–H and O–H groups in total. The number of carbonyl (C=O) groups excluding carboxylic acids is 3. The molecule has 5 heterocycles. The number of imide groups is 1. The molecule has 3 aromatic heterocycles. The predicted octanol–water partition coefficient (Wildman–Crippen LogP) is 6.10. The molecular formula is C38H37F5N8O4. The number of hydrogen-bond donors (Lipinski definition) is 2. The summed E-state index contributed by atoms with van der Waals surface area (Å²) in [4.78, 5) is 56.3. The normalized spacial score (nSPS) is 21.3. The lowest BCUT2D eigenvalue weighted by Gasteiger charge is -2.43. The van der Waals surface area contributed by atoms with E-state index in [1.54, 1.807) is 22.5 Å². The number of carbonyl (C=O) groups is 3. The van der Waals surface area contributed by atoms with Crippen LogP contribution >= 0.6 is 0 Å². The van der Waals surface area contributed by atoms with Gasteiger partial charge in [0, 0.05) is 56.2 Å². The van der Waals surface area contributed by atoms with Gasteiger partial charge in [0.15, 0.2) is 0 Å². The van der Waals surface area contributed by atoms with Crippen molar-refractivity contribution in [2.24, 2.45) is 13.0 Å². The fraction of sp³-hybridized carbons (Fsp3) is 0.421. The van der Waals surface area contributed by atoms with Crippen molar-refractivity contribution in [3.63, 3.8) is 0 Å². The smallest absolute Gasteiger partial charge is 0.320 e. The van der Waals surface area contributed by atoms with Gasteiger partial charge in [0.1, 0.15) is 17.4 Å². The fourth-order valence-corrected chi connectivity index (χ4v) is 8.39. The van der Waals surface area contributed by atoms with Crippen molar-refractivity contribution in [1.29, 1.82) is 0 Å². The zero-order valence-corrected chi connectivity index (χ0v) is 29.7. The van der Waals surface area contributed by atoms with Crippen molar-refractivity contribution in [2.75, 3.05) is 25.0 Å². The van der Waals surface area contributed by atoms with Crippen LogP contribution in [0.1, 0.15) is 90.3 Å². The number of fused-ring (bicyclic) bond motifs is 2. The average molecular weight is 765 g/mol. The third-order valence-electron chi connectivity index (χ3n) is 11.2. The zero-order valence-electron chi connectivity index (χ0n) is 29.7. The van der Waals surface area contributed by atoms with E-state index in [0.29, 0.717) is 22.3 Å². The lowest BCUT2D eigenvalue weighted by molar-refractivity contribution is -0.141. The van der Waals surface area contributed by atoms with Gasteiger partial charge in [-0.1, -0.05) is 18.2 Å². The van der Waals surface area contributed by atoms with Crippen LogP contribution in [-0.2, 0) is 22.8 Å². The number of rotatable bonds is 8. The highest BCUT2D eigenvalue weighted by Crippen LogP contribution is 2.39. The number of piperidine rings is 1. The number of imidazole rings is 1. The molecule has 288 valence electrons. The summed E-state index contributed by atoms with van der Waals surface area (Å²) in [6.07, 6.45) is -2.01. The van der Waals surface area contributed by atoms with Gasteiger partial charge in [0.2, 0.25) is 11.8 Å². The van der Waals surface area contributed by atoms with E-state index in [1.807, 2.05) is 18.2 Å². The first kappa shape index (κ1) is 36.5. The summed E-state index contributed by atoms with van der Waals surface area (Å²) >= 11 is 0. The van der Waals surface area contributed by atoms with Crippen LogP contribution in [0.25, 0.3) is 21.9 Å². The number of nitrogens with zero attached hydrogens (tertiary/aromatic N) is 6. The molecule has 0 spiro atoms. The molecule has 1 saturated carbocycles. The van der Waals surface area contributed by atoms with E-state index in [9.17, 15) is 41.1 Å². The summed E-state index contributed by atoms with van der Waals surface area (Å²) in [7, 11) is 1.71. The molecule has 2 saturated heterocycles. The molecule has 12 nitrogen and oxygen atoms in total. The second-order valence-electron chi connectivity index (χ2n) is 14.8. The molecule has 2 aliphatic heterocycles. The maximum Gasteiger partial charge on any atom is 0.433 e. The molecule has 1 unspecified atom stereocenters. The summed E-state index contributed by atoms with van der Waals surface area (Å²) in [5.74, 6) is -1.17. The second-order valence-corrected chi connectivity index (χ2v) is 14.8. The molecule has 3 fully saturated rings. The van der Waals surface area contributed by atoms with Crippen molar-refractivity contribution >= 4 is 45.3 Å². The standard InChI is InChI=1S/C38H37F5N8O4/c1-48-33-24(4-2-6-29(33)51(37(48)55)30-12-13-32(52)46-36(30)54)22-17-49(18-22)16-20-8-10-23(11-9-20)50-19-21-14-28(25(34(39)40)15-27(21)47-50)45-35(53)26-5-3-7-31(44-26)38(41,42)43/h2-7,14-15,19-20,22-23,30,34H,8-13,16-18H2,1H3,(H,45,53)(H,46,52,54). The highest BCUT2D eigenvalue weighted by atomic mass is 19.4. The number of alkyl halides is 5. The molecule has 2 aromatic carbocycles. The maximum atomic E-state index is 14.1. The van der Waals surface area contributed by atoms with Crippen molar-refractivity contribution < 1.29 is 36.3 Å². The fourth-order valence-electron chi connectivity index (χ4n) is 8.39. The van der Waals surface area contributed by atoms with Crippen LogP contribution in [-0.4, -0.2) is 66.2 Å². The van der Waals surface area contributed by atoms with Gasteiger partial charge >= 0.3 is 11.9 Å². The van der Waals surface area contributed by atoms with E-state index < -0.39 is 47.4 Å². The van der Waals surface area contributed by atoms with E-state index in [-0.39, 0.29) is 42.1 Å². The molecule has 0 radical (unpaired) electrons. The van der Waals surface area contributed by atoms with Gasteiger partial charge in [-0.2, -0.15) is 18.3 Å². The monoisotopic (exact) mass is 764 g/mol.